The highest BCUT2D eigenvalue weighted by atomic mass is 16.4. The molecule has 0 unspecified atom stereocenters. The molecule has 0 atom stereocenters. The number of nitrogens with one attached hydrogen (secondary N) is 1. The van der Waals surface area contributed by atoms with E-state index in [4.69, 9.17) is 11.5 Å². The lowest BCUT2D eigenvalue weighted by Gasteiger charge is -2.05. The molecule has 0 radical (unpaired) electrons. The Kier molecular flexibility index (Phi) is 5.24. The van der Waals surface area contributed by atoms with Gasteiger partial charge in [0.2, 0.25) is 0 Å². The Balaban J connectivity index is 2.39. The van der Waals surface area contributed by atoms with E-state index in [1.165, 1.54) is 6.20 Å². The number of carboxylic acids is 1. The number of aryl methyl sites for hydroxylation is 1. The number of aromatic carboxylic acids is 1. The minimum atomic E-state index is -0.942. The Morgan fingerprint density at radius 3 is 3.06 bits per heavy atom. The first kappa shape index (κ1) is 13.3. The molecule has 0 aliphatic rings. The van der Waals surface area contributed by atoms with Gasteiger partial charge in [0.1, 0.15) is 5.56 Å². The highest BCUT2D eigenvalue weighted by molar-refractivity contribution is 5.88. The molecule has 5 heteroatoms. The average molecular weight is 235 g/mol. The number of terminal acetylenes is 1. The summed E-state index contributed by atoms with van der Waals surface area (Å²) in [5.74, 6) is 1.64. The second-order valence-electron chi connectivity index (χ2n) is 3.77. The van der Waals surface area contributed by atoms with Crippen LogP contribution in [0.25, 0.3) is 0 Å². The van der Waals surface area contributed by atoms with Gasteiger partial charge in [-0.15, -0.1) is 12.3 Å². The first-order valence-electron chi connectivity index (χ1n) is 5.55. The summed E-state index contributed by atoms with van der Waals surface area (Å²) < 4.78 is 1.58. The molecule has 1 rings (SSSR count). The van der Waals surface area contributed by atoms with Crippen molar-refractivity contribution in [2.24, 2.45) is 7.05 Å². The fourth-order valence-electron chi connectivity index (χ4n) is 1.54. The lowest BCUT2D eigenvalue weighted by molar-refractivity contribution is 0.0695. The number of hydrogen-bond donors (Lipinski definition) is 2. The highest BCUT2D eigenvalue weighted by Crippen LogP contribution is 2.07. The molecule has 5 nitrogen and oxygen atoms in total. The van der Waals surface area contributed by atoms with Crippen molar-refractivity contribution in [2.75, 3.05) is 6.54 Å². The number of nitrogens with zero attached hydrogens (tertiary/aromatic N) is 2. The molecule has 0 fully saturated rings. The Labute approximate surface area is 101 Å². The third-order valence-electron chi connectivity index (χ3n) is 2.51. The van der Waals surface area contributed by atoms with Gasteiger partial charge in [-0.2, -0.15) is 5.10 Å². The molecule has 92 valence electrons. The van der Waals surface area contributed by atoms with Crippen LogP contribution in [0.3, 0.4) is 0 Å². The summed E-state index contributed by atoms with van der Waals surface area (Å²) in [7, 11) is 1.74. The van der Waals surface area contributed by atoms with E-state index in [1.807, 2.05) is 0 Å². The summed E-state index contributed by atoms with van der Waals surface area (Å²) in [6, 6.07) is 0. The largest absolute Gasteiger partial charge is 0.478 e. The zero-order valence-electron chi connectivity index (χ0n) is 9.94. The van der Waals surface area contributed by atoms with Crippen molar-refractivity contribution < 1.29 is 9.90 Å². The molecule has 1 aromatic rings. The molecule has 0 aliphatic heterocycles. The maximum absolute atomic E-state index is 10.9. The van der Waals surface area contributed by atoms with Crippen LogP contribution < -0.4 is 5.32 Å². The first-order valence-corrected chi connectivity index (χ1v) is 5.55. The van der Waals surface area contributed by atoms with Gasteiger partial charge in [0, 0.05) is 20.0 Å². The molecule has 0 saturated heterocycles. The fourth-order valence-corrected chi connectivity index (χ4v) is 1.54. The van der Waals surface area contributed by atoms with E-state index in [9.17, 15) is 4.79 Å². The van der Waals surface area contributed by atoms with E-state index < -0.39 is 5.97 Å². The topological polar surface area (TPSA) is 67.2 Å². The standard InChI is InChI=1S/C12H17N3O2/c1-3-4-5-6-7-13-9-11-10(12(16)17)8-14-15(11)2/h1,8,13H,4-7,9H2,2H3,(H,16,17). The summed E-state index contributed by atoms with van der Waals surface area (Å²) in [6.45, 7) is 1.33. The van der Waals surface area contributed by atoms with Crippen molar-refractivity contribution in [1.29, 1.82) is 0 Å². The predicted octanol–water partition coefficient (Wildman–Crippen LogP) is 1.01. The van der Waals surface area contributed by atoms with Crippen molar-refractivity contribution in [2.45, 2.75) is 25.8 Å². The molecule has 0 aromatic carbocycles. The number of carbonyl (C=O) groups is 1. The molecule has 1 aromatic heterocycles. The van der Waals surface area contributed by atoms with E-state index in [-0.39, 0.29) is 5.56 Å². The molecule has 0 amide bonds. The summed E-state index contributed by atoms with van der Waals surface area (Å²) in [6.07, 6.45) is 9.28. The van der Waals surface area contributed by atoms with Crippen LogP contribution in [-0.2, 0) is 13.6 Å². The number of carboxylic acid groups (broad SMARTS) is 1. The van der Waals surface area contributed by atoms with Gasteiger partial charge in [0.15, 0.2) is 0 Å². The second kappa shape index (κ2) is 6.71. The van der Waals surface area contributed by atoms with Gasteiger partial charge in [-0.25, -0.2) is 4.79 Å². The summed E-state index contributed by atoms with van der Waals surface area (Å²) in [4.78, 5) is 10.9. The summed E-state index contributed by atoms with van der Waals surface area (Å²) in [5, 5.41) is 16.1. The fraction of sp³-hybridized carbons (Fsp3) is 0.500. The Hall–Kier alpha value is -1.80. The lowest BCUT2D eigenvalue weighted by atomic mass is 10.2. The summed E-state index contributed by atoms with van der Waals surface area (Å²) in [5.41, 5.74) is 0.943. The van der Waals surface area contributed by atoms with Gasteiger partial charge in [-0.05, 0) is 19.4 Å². The highest BCUT2D eigenvalue weighted by Gasteiger charge is 2.13. The van der Waals surface area contributed by atoms with E-state index in [2.05, 4.69) is 16.3 Å². The van der Waals surface area contributed by atoms with Crippen molar-refractivity contribution in [3.05, 3.63) is 17.5 Å². The van der Waals surface area contributed by atoms with Crippen LogP contribution in [0.15, 0.2) is 6.20 Å². The number of aromatic nitrogens is 2. The van der Waals surface area contributed by atoms with E-state index in [0.717, 1.165) is 25.8 Å². The SMILES string of the molecule is C#CCCCCNCc1c(C(=O)O)cnn1C. The smallest absolute Gasteiger partial charge is 0.339 e. The quantitative estimate of drug-likeness (QED) is 0.547. The number of hydrogen-bond acceptors (Lipinski definition) is 3. The van der Waals surface area contributed by atoms with E-state index >= 15 is 0 Å². The van der Waals surface area contributed by atoms with Crippen molar-refractivity contribution >= 4 is 5.97 Å². The Morgan fingerprint density at radius 2 is 2.41 bits per heavy atom. The average Bonchev–Trinajstić information content (AvgIpc) is 2.65. The third-order valence-corrected chi connectivity index (χ3v) is 2.51. The molecule has 0 aliphatic carbocycles. The Bertz CT molecular complexity index is 418. The van der Waals surface area contributed by atoms with Gasteiger partial charge < -0.3 is 10.4 Å². The van der Waals surface area contributed by atoms with Crippen LogP contribution in [-0.4, -0.2) is 27.4 Å². The molecule has 0 saturated carbocycles. The minimum absolute atomic E-state index is 0.253. The molecule has 1 heterocycles. The van der Waals surface area contributed by atoms with Crippen LogP contribution in [0.2, 0.25) is 0 Å². The van der Waals surface area contributed by atoms with Crippen LogP contribution in [0.1, 0.15) is 35.3 Å². The first-order chi connectivity index (χ1) is 8.16. The maximum atomic E-state index is 10.9. The van der Waals surface area contributed by atoms with Crippen LogP contribution in [0, 0.1) is 12.3 Å². The zero-order chi connectivity index (χ0) is 12.7. The normalized spacial score (nSPS) is 10.1. The zero-order valence-corrected chi connectivity index (χ0v) is 9.94. The minimum Gasteiger partial charge on any atom is -0.478 e. The van der Waals surface area contributed by atoms with Crippen LogP contribution in [0.5, 0.6) is 0 Å². The third kappa shape index (κ3) is 3.93. The van der Waals surface area contributed by atoms with Crippen molar-refractivity contribution in [1.82, 2.24) is 15.1 Å². The number of rotatable bonds is 7. The molecule has 0 spiro atoms. The molecule has 2 N–H and O–H groups in total. The maximum Gasteiger partial charge on any atom is 0.339 e. The second-order valence-corrected chi connectivity index (χ2v) is 3.77. The lowest BCUT2D eigenvalue weighted by Crippen LogP contribution is -2.19. The van der Waals surface area contributed by atoms with Crippen molar-refractivity contribution in [3.63, 3.8) is 0 Å². The van der Waals surface area contributed by atoms with Gasteiger partial charge in [-0.3, -0.25) is 4.68 Å². The molecule has 17 heavy (non-hydrogen) atoms. The molecular formula is C12H17N3O2. The van der Waals surface area contributed by atoms with Crippen molar-refractivity contribution in [3.8, 4) is 12.3 Å². The molecular weight excluding hydrogens is 218 g/mol. The van der Waals surface area contributed by atoms with Gasteiger partial charge in [0.25, 0.3) is 0 Å². The van der Waals surface area contributed by atoms with Crippen LogP contribution in [0.4, 0.5) is 0 Å². The van der Waals surface area contributed by atoms with Gasteiger partial charge in [0.05, 0.1) is 11.9 Å². The van der Waals surface area contributed by atoms with E-state index in [0.29, 0.717) is 12.2 Å². The van der Waals surface area contributed by atoms with Gasteiger partial charge in [-0.1, -0.05) is 0 Å². The van der Waals surface area contributed by atoms with E-state index in [1.54, 1.807) is 11.7 Å². The number of unbranched alkanes of at least 4 members (excludes halogenated alkanes) is 2. The monoisotopic (exact) mass is 235 g/mol. The van der Waals surface area contributed by atoms with Gasteiger partial charge >= 0.3 is 5.97 Å². The summed E-state index contributed by atoms with van der Waals surface area (Å²) >= 11 is 0. The van der Waals surface area contributed by atoms with Crippen LogP contribution >= 0.6 is 0 Å². The predicted molar refractivity (Wildman–Crippen MR) is 64.6 cm³/mol. The molecule has 0 bridgehead atoms. The Morgan fingerprint density at radius 1 is 1.65 bits per heavy atom.